The van der Waals surface area contributed by atoms with Gasteiger partial charge in [-0.1, -0.05) is 23.7 Å². The first kappa shape index (κ1) is 20.3. The van der Waals surface area contributed by atoms with Crippen molar-refractivity contribution in [1.82, 2.24) is 10.3 Å². The molecule has 0 bridgehead atoms. The first-order valence-corrected chi connectivity index (χ1v) is 8.67. The first-order chi connectivity index (χ1) is 12.8. The summed E-state index contributed by atoms with van der Waals surface area (Å²) in [5.41, 5.74) is 1.77. The van der Waals surface area contributed by atoms with Gasteiger partial charge in [0.2, 0.25) is 16.8 Å². The van der Waals surface area contributed by atoms with Gasteiger partial charge in [0.15, 0.2) is 0 Å². The minimum absolute atomic E-state index is 0.0160. The van der Waals surface area contributed by atoms with Crippen LogP contribution in [0, 0.1) is 6.92 Å². The standard InChI is InChI=1S/C10H12ClNO.C10H8N2O2/c1-7(10(13)12-2)8-3-5-9(11)6-4-8;1-6-8(10(14)9(6)13)12-7-2-4-11-5-3-7/h3-7H,1-2H3,(H,12,13);2-5H,1H3,(H,11,12)/t7-;/m0./s1. The average Bonchev–Trinajstić information content (AvgIpc) is 2.71. The Labute approximate surface area is 161 Å². The molecule has 2 aromatic carbocycles. The number of nitrogens with zero attached hydrogens (tertiary/aromatic N) is 1. The molecule has 0 aliphatic carbocycles. The third kappa shape index (κ3) is 5.01. The van der Waals surface area contributed by atoms with E-state index in [0.29, 0.717) is 16.3 Å². The minimum atomic E-state index is -0.445. The molecule has 3 rings (SSSR count). The number of halogens is 1. The zero-order valence-electron chi connectivity index (χ0n) is 15.2. The number of pyridine rings is 1. The van der Waals surface area contributed by atoms with E-state index in [2.05, 4.69) is 15.6 Å². The maximum Gasteiger partial charge on any atom is 0.249 e. The normalized spacial score (nSPS) is 11.3. The molecule has 1 aromatic heterocycles. The van der Waals surface area contributed by atoms with Crippen LogP contribution in [0.3, 0.4) is 0 Å². The monoisotopic (exact) mass is 385 g/mol. The van der Waals surface area contributed by atoms with E-state index in [1.54, 1.807) is 50.6 Å². The average molecular weight is 386 g/mol. The highest BCUT2D eigenvalue weighted by molar-refractivity contribution is 6.30. The Balaban J connectivity index is 0.000000194. The predicted molar refractivity (Wildman–Crippen MR) is 108 cm³/mol. The number of rotatable bonds is 4. The number of amides is 1. The fourth-order valence-electron chi connectivity index (χ4n) is 2.35. The number of hydrogen-bond acceptors (Lipinski definition) is 5. The van der Waals surface area contributed by atoms with Crippen LogP contribution in [-0.2, 0) is 4.79 Å². The summed E-state index contributed by atoms with van der Waals surface area (Å²) in [5.74, 6) is -0.107. The van der Waals surface area contributed by atoms with Crippen LogP contribution < -0.4 is 21.5 Å². The predicted octanol–water partition coefficient (Wildman–Crippen LogP) is 2.92. The van der Waals surface area contributed by atoms with Gasteiger partial charge in [0.05, 0.1) is 11.6 Å². The molecule has 0 radical (unpaired) electrons. The van der Waals surface area contributed by atoms with Gasteiger partial charge in [0.25, 0.3) is 0 Å². The molecule has 0 aliphatic rings. The van der Waals surface area contributed by atoms with Crippen molar-refractivity contribution in [3.63, 3.8) is 0 Å². The minimum Gasteiger partial charge on any atom is -0.359 e. The second-order valence-corrected chi connectivity index (χ2v) is 6.34. The largest absolute Gasteiger partial charge is 0.359 e. The maximum atomic E-state index is 11.3. The van der Waals surface area contributed by atoms with Crippen molar-refractivity contribution in [2.24, 2.45) is 0 Å². The number of nitrogens with one attached hydrogen (secondary N) is 2. The number of carbonyl (C=O) groups is 1. The Morgan fingerprint density at radius 1 is 1.04 bits per heavy atom. The van der Waals surface area contributed by atoms with Gasteiger partial charge >= 0.3 is 0 Å². The Kier molecular flexibility index (Phi) is 6.85. The van der Waals surface area contributed by atoms with E-state index in [0.717, 1.165) is 11.3 Å². The Bertz CT molecular complexity index is 978. The lowest BCUT2D eigenvalue weighted by Gasteiger charge is -2.09. The van der Waals surface area contributed by atoms with Crippen LogP contribution in [0.1, 0.15) is 24.0 Å². The van der Waals surface area contributed by atoms with E-state index in [-0.39, 0.29) is 11.8 Å². The van der Waals surface area contributed by atoms with E-state index in [1.165, 1.54) is 0 Å². The highest BCUT2D eigenvalue weighted by Gasteiger charge is 2.16. The molecule has 1 atom stereocenters. The zero-order chi connectivity index (χ0) is 20.0. The van der Waals surface area contributed by atoms with Crippen molar-refractivity contribution in [2.45, 2.75) is 19.8 Å². The molecular weight excluding hydrogens is 366 g/mol. The first-order valence-electron chi connectivity index (χ1n) is 8.29. The molecule has 0 saturated carbocycles. The van der Waals surface area contributed by atoms with Crippen LogP contribution in [0.25, 0.3) is 0 Å². The molecule has 2 N–H and O–H groups in total. The lowest BCUT2D eigenvalue weighted by Crippen LogP contribution is -2.35. The highest BCUT2D eigenvalue weighted by atomic mass is 35.5. The second kappa shape index (κ2) is 9.09. The lowest BCUT2D eigenvalue weighted by molar-refractivity contribution is -0.121. The van der Waals surface area contributed by atoms with Gasteiger partial charge in [-0.05, 0) is 43.7 Å². The quantitative estimate of drug-likeness (QED) is 0.674. The number of anilines is 2. The Morgan fingerprint density at radius 2 is 1.63 bits per heavy atom. The van der Waals surface area contributed by atoms with Crippen LogP contribution in [0.5, 0.6) is 0 Å². The van der Waals surface area contributed by atoms with E-state index < -0.39 is 10.9 Å². The fraction of sp³-hybridized carbons (Fsp3) is 0.200. The molecule has 6 nitrogen and oxygen atoms in total. The summed E-state index contributed by atoms with van der Waals surface area (Å²) in [6.07, 6.45) is 3.23. The summed E-state index contributed by atoms with van der Waals surface area (Å²) in [6, 6.07) is 10.8. The number of benzene rings is 1. The van der Waals surface area contributed by atoms with Gasteiger partial charge in [-0.3, -0.25) is 19.4 Å². The molecule has 0 aliphatic heterocycles. The molecule has 3 aromatic rings. The molecule has 7 heteroatoms. The fourth-order valence-corrected chi connectivity index (χ4v) is 2.48. The summed E-state index contributed by atoms with van der Waals surface area (Å²) >= 11 is 5.73. The van der Waals surface area contributed by atoms with Gasteiger partial charge in [0.1, 0.15) is 0 Å². The summed E-state index contributed by atoms with van der Waals surface area (Å²) in [7, 11) is 1.63. The van der Waals surface area contributed by atoms with E-state index in [4.69, 9.17) is 11.6 Å². The summed E-state index contributed by atoms with van der Waals surface area (Å²) in [6.45, 7) is 3.50. The van der Waals surface area contributed by atoms with E-state index in [9.17, 15) is 14.4 Å². The van der Waals surface area contributed by atoms with E-state index >= 15 is 0 Å². The molecule has 27 heavy (non-hydrogen) atoms. The zero-order valence-corrected chi connectivity index (χ0v) is 16.0. The molecule has 140 valence electrons. The molecule has 1 heterocycles. The van der Waals surface area contributed by atoms with Crippen LogP contribution in [0.4, 0.5) is 11.4 Å². The molecule has 0 unspecified atom stereocenters. The van der Waals surface area contributed by atoms with Gasteiger partial charge < -0.3 is 10.6 Å². The summed E-state index contributed by atoms with van der Waals surface area (Å²) in [4.78, 5) is 37.1. The van der Waals surface area contributed by atoms with Crippen molar-refractivity contribution >= 4 is 28.9 Å². The number of hydrogen-bond donors (Lipinski definition) is 2. The van der Waals surface area contributed by atoms with Gasteiger partial charge in [-0.25, -0.2) is 0 Å². The topological polar surface area (TPSA) is 88.2 Å². The summed E-state index contributed by atoms with van der Waals surface area (Å²) in [5, 5.41) is 6.17. The third-order valence-corrected chi connectivity index (χ3v) is 4.36. The van der Waals surface area contributed by atoms with Crippen molar-refractivity contribution in [2.75, 3.05) is 12.4 Å². The molecule has 0 saturated heterocycles. The van der Waals surface area contributed by atoms with Crippen LogP contribution in [0.2, 0.25) is 5.02 Å². The SMILES string of the molecule is CNC(=O)[C@@H](C)c1ccc(Cl)cc1.Cc1c(Nc2ccncc2)c(=O)c1=O. The van der Waals surface area contributed by atoms with Crippen molar-refractivity contribution in [3.05, 3.63) is 85.4 Å². The molecule has 1 amide bonds. The van der Waals surface area contributed by atoms with Crippen LogP contribution in [-0.4, -0.2) is 17.9 Å². The van der Waals surface area contributed by atoms with Gasteiger partial charge in [0, 0.05) is 35.7 Å². The number of likely N-dealkylation sites (N-methyl/N-ethyl adjacent to an activating group) is 1. The molecular formula is C20H20ClN3O3. The van der Waals surface area contributed by atoms with Crippen LogP contribution >= 0.6 is 11.6 Å². The Hall–Kier alpha value is -2.99. The summed E-state index contributed by atoms with van der Waals surface area (Å²) < 4.78 is 0. The van der Waals surface area contributed by atoms with E-state index in [1.807, 2.05) is 19.1 Å². The van der Waals surface area contributed by atoms with Crippen LogP contribution in [0.15, 0.2) is 58.4 Å². The molecule has 0 spiro atoms. The smallest absolute Gasteiger partial charge is 0.249 e. The number of carbonyl (C=O) groups excluding carboxylic acids is 1. The third-order valence-electron chi connectivity index (χ3n) is 4.11. The molecule has 0 fully saturated rings. The number of aromatic nitrogens is 1. The maximum absolute atomic E-state index is 11.3. The van der Waals surface area contributed by atoms with Crippen molar-refractivity contribution in [1.29, 1.82) is 0 Å². The Morgan fingerprint density at radius 3 is 2.15 bits per heavy atom. The lowest BCUT2D eigenvalue weighted by atomic mass is 10.0. The van der Waals surface area contributed by atoms with Crippen molar-refractivity contribution in [3.8, 4) is 0 Å². The van der Waals surface area contributed by atoms with Gasteiger partial charge in [-0.15, -0.1) is 0 Å². The van der Waals surface area contributed by atoms with Crippen molar-refractivity contribution < 1.29 is 4.79 Å². The second-order valence-electron chi connectivity index (χ2n) is 5.91. The highest BCUT2D eigenvalue weighted by Crippen LogP contribution is 2.18. The van der Waals surface area contributed by atoms with Gasteiger partial charge in [-0.2, -0.15) is 0 Å².